The zero-order valence-corrected chi connectivity index (χ0v) is 12.4. The molecule has 0 aliphatic carbocycles. The van der Waals surface area contributed by atoms with Gasteiger partial charge in [-0.15, -0.1) is 0 Å². The molecule has 0 radical (unpaired) electrons. The first kappa shape index (κ1) is 14.9. The van der Waals surface area contributed by atoms with Crippen LogP contribution in [0.5, 0.6) is 0 Å². The number of carbonyl (C=O) groups excluding carboxylic acids is 1. The van der Waals surface area contributed by atoms with Gasteiger partial charge < -0.3 is 16.0 Å². The van der Waals surface area contributed by atoms with Gasteiger partial charge in [0.2, 0.25) is 5.91 Å². The predicted octanol–water partition coefficient (Wildman–Crippen LogP) is 2.06. The molecular formula is C16H25N3O. The number of amides is 1. The fourth-order valence-electron chi connectivity index (χ4n) is 2.55. The van der Waals surface area contributed by atoms with Gasteiger partial charge in [0, 0.05) is 24.8 Å². The summed E-state index contributed by atoms with van der Waals surface area (Å²) in [7, 11) is 0. The number of hydrogen-bond acceptors (Lipinski definition) is 3. The molecule has 110 valence electrons. The molecule has 1 atom stereocenters. The summed E-state index contributed by atoms with van der Waals surface area (Å²) in [5.41, 5.74) is 8.37. The first-order valence-corrected chi connectivity index (χ1v) is 7.44. The zero-order valence-electron chi connectivity index (χ0n) is 12.4. The van der Waals surface area contributed by atoms with Gasteiger partial charge in [-0.25, -0.2) is 0 Å². The highest BCUT2D eigenvalue weighted by Gasteiger charge is 2.23. The molecule has 1 aromatic carbocycles. The number of anilines is 1. The Bertz CT molecular complexity index is 459. The van der Waals surface area contributed by atoms with Gasteiger partial charge in [-0.1, -0.05) is 32.0 Å². The Kier molecular flexibility index (Phi) is 5.01. The highest BCUT2D eigenvalue weighted by atomic mass is 16.2. The Labute approximate surface area is 121 Å². The Morgan fingerprint density at radius 1 is 1.45 bits per heavy atom. The van der Waals surface area contributed by atoms with E-state index in [0.717, 1.165) is 37.2 Å². The van der Waals surface area contributed by atoms with Gasteiger partial charge in [-0.3, -0.25) is 4.79 Å². The van der Waals surface area contributed by atoms with E-state index >= 15 is 0 Å². The van der Waals surface area contributed by atoms with Crippen LogP contribution in [0, 0.1) is 5.92 Å². The van der Waals surface area contributed by atoms with Crippen LogP contribution in [0.1, 0.15) is 38.3 Å². The molecule has 1 amide bonds. The summed E-state index contributed by atoms with van der Waals surface area (Å²) >= 11 is 0. The molecule has 0 bridgehead atoms. The van der Waals surface area contributed by atoms with E-state index in [1.165, 1.54) is 0 Å². The summed E-state index contributed by atoms with van der Waals surface area (Å²) < 4.78 is 0. The first-order chi connectivity index (χ1) is 9.58. The summed E-state index contributed by atoms with van der Waals surface area (Å²) in [6.45, 7) is 6.34. The second-order valence-electron chi connectivity index (χ2n) is 5.91. The van der Waals surface area contributed by atoms with E-state index in [4.69, 9.17) is 5.73 Å². The lowest BCUT2D eigenvalue weighted by atomic mass is 9.97. The van der Waals surface area contributed by atoms with Crippen LogP contribution in [-0.2, 0) is 4.79 Å². The quantitative estimate of drug-likeness (QED) is 0.865. The smallest absolute Gasteiger partial charge is 0.239 e. The fourth-order valence-corrected chi connectivity index (χ4v) is 2.55. The molecule has 0 aromatic heterocycles. The van der Waals surface area contributed by atoms with Gasteiger partial charge >= 0.3 is 0 Å². The molecule has 0 spiro atoms. The average Bonchev–Trinajstić information content (AvgIpc) is 2.42. The molecule has 1 aliphatic heterocycles. The van der Waals surface area contributed by atoms with Crippen molar-refractivity contribution in [1.82, 2.24) is 5.32 Å². The molecule has 2 rings (SSSR count). The maximum Gasteiger partial charge on any atom is 0.239 e. The molecule has 0 saturated carbocycles. The van der Waals surface area contributed by atoms with Gasteiger partial charge in [0.1, 0.15) is 0 Å². The van der Waals surface area contributed by atoms with Crippen molar-refractivity contribution in [3.05, 3.63) is 29.8 Å². The van der Waals surface area contributed by atoms with Crippen LogP contribution >= 0.6 is 0 Å². The van der Waals surface area contributed by atoms with Crippen molar-refractivity contribution in [2.75, 3.05) is 24.5 Å². The van der Waals surface area contributed by atoms with E-state index in [0.29, 0.717) is 12.5 Å². The molecule has 4 heteroatoms. The van der Waals surface area contributed by atoms with Crippen molar-refractivity contribution in [3.8, 4) is 0 Å². The highest BCUT2D eigenvalue weighted by molar-refractivity contribution is 5.82. The third-order valence-electron chi connectivity index (χ3n) is 3.77. The van der Waals surface area contributed by atoms with Gasteiger partial charge in [0.15, 0.2) is 0 Å². The third kappa shape index (κ3) is 3.73. The largest absolute Gasteiger partial charge is 0.362 e. The minimum Gasteiger partial charge on any atom is -0.362 e. The number of nitrogens with one attached hydrogen (secondary N) is 1. The van der Waals surface area contributed by atoms with Crippen molar-refractivity contribution in [2.45, 2.75) is 32.7 Å². The van der Waals surface area contributed by atoms with Crippen LogP contribution < -0.4 is 16.0 Å². The van der Waals surface area contributed by atoms with Crippen LogP contribution in [0.15, 0.2) is 24.3 Å². The van der Waals surface area contributed by atoms with Crippen molar-refractivity contribution in [3.63, 3.8) is 0 Å². The van der Waals surface area contributed by atoms with E-state index in [1.54, 1.807) is 0 Å². The average molecular weight is 275 g/mol. The summed E-state index contributed by atoms with van der Waals surface area (Å²) in [6, 6.07) is 8.20. The molecule has 20 heavy (non-hydrogen) atoms. The Balaban J connectivity index is 1.94. The number of carbonyl (C=O) groups is 1. The maximum atomic E-state index is 12.0. The number of hydrogen-bond donors (Lipinski definition) is 2. The van der Waals surface area contributed by atoms with E-state index in [9.17, 15) is 4.79 Å². The van der Waals surface area contributed by atoms with Gasteiger partial charge in [0.25, 0.3) is 0 Å². The number of nitrogens with zero attached hydrogens (tertiary/aromatic N) is 1. The van der Waals surface area contributed by atoms with Gasteiger partial charge in [-0.2, -0.15) is 0 Å². The van der Waals surface area contributed by atoms with Crippen LogP contribution in [0.2, 0.25) is 0 Å². The SMILES string of the molecule is CC(C)CCNC(=O)CN1CCC(N)c2ccccc21. The minimum absolute atomic E-state index is 0.0893. The Morgan fingerprint density at radius 3 is 2.95 bits per heavy atom. The van der Waals surface area contributed by atoms with Crippen molar-refractivity contribution in [1.29, 1.82) is 0 Å². The molecular weight excluding hydrogens is 250 g/mol. The molecule has 1 aliphatic rings. The minimum atomic E-state index is 0.0893. The van der Waals surface area contributed by atoms with Crippen LogP contribution in [-0.4, -0.2) is 25.5 Å². The topological polar surface area (TPSA) is 58.4 Å². The monoisotopic (exact) mass is 275 g/mol. The molecule has 1 aromatic rings. The predicted molar refractivity (Wildman–Crippen MR) is 82.7 cm³/mol. The lowest BCUT2D eigenvalue weighted by molar-refractivity contribution is -0.119. The van der Waals surface area contributed by atoms with Crippen LogP contribution in [0.4, 0.5) is 5.69 Å². The normalized spacial score (nSPS) is 18.0. The molecule has 1 unspecified atom stereocenters. The number of para-hydroxylation sites is 1. The number of rotatable bonds is 5. The van der Waals surface area contributed by atoms with E-state index < -0.39 is 0 Å². The fraction of sp³-hybridized carbons (Fsp3) is 0.562. The second kappa shape index (κ2) is 6.75. The standard InChI is InChI=1S/C16H25N3O/c1-12(2)7-9-18-16(20)11-19-10-8-14(17)13-5-3-4-6-15(13)19/h3-6,12,14H,7-11,17H2,1-2H3,(H,18,20). The molecule has 1 heterocycles. The summed E-state index contributed by atoms with van der Waals surface area (Å²) in [4.78, 5) is 14.1. The molecule has 0 fully saturated rings. The number of fused-ring (bicyclic) bond motifs is 1. The van der Waals surface area contributed by atoms with Crippen molar-refractivity contribution >= 4 is 11.6 Å². The van der Waals surface area contributed by atoms with E-state index in [1.807, 2.05) is 12.1 Å². The van der Waals surface area contributed by atoms with Crippen LogP contribution in [0.3, 0.4) is 0 Å². The van der Waals surface area contributed by atoms with Crippen molar-refractivity contribution in [2.24, 2.45) is 11.7 Å². The van der Waals surface area contributed by atoms with E-state index in [-0.39, 0.29) is 11.9 Å². The summed E-state index contributed by atoms with van der Waals surface area (Å²) in [5.74, 6) is 0.708. The lowest BCUT2D eigenvalue weighted by Gasteiger charge is -2.33. The molecule has 4 nitrogen and oxygen atoms in total. The Hall–Kier alpha value is -1.55. The third-order valence-corrected chi connectivity index (χ3v) is 3.77. The first-order valence-electron chi connectivity index (χ1n) is 7.44. The summed E-state index contributed by atoms with van der Waals surface area (Å²) in [5, 5.41) is 2.99. The van der Waals surface area contributed by atoms with Crippen molar-refractivity contribution < 1.29 is 4.79 Å². The van der Waals surface area contributed by atoms with Gasteiger partial charge in [0.05, 0.1) is 6.54 Å². The second-order valence-corrected chi connectivity index (χ2v) is 5.91. The van der Waals surface area contributed by atoms with Gasteiger partial charge in [-0.05, 0) is 30.4 Å². The molecule has 3 N–H and O–H groups in total. The summed E-state index contributed by atoms with van der Waals surface area (Å²) in [6.07, 6.45) is 1.92. The maximum absolute atomic E-state index is 12.0. The lowest BCUT2D eigenvalue weighted by Crippen LogP contribution is -2.41. The zero-order chi connectivity index (χ0) is 14.5. The molecule has 0 saturated heterocycles. The number of benzene rings is 1. The number of nitrogens with two attached hydrogens (primary N) is 1. The van der Waals surface area contributed by atoms with E-state index in [2.05, 4.69) is 36.2 Å². The highest BCUT2D eigenvalue weighted by Crippen LogP contribution is 2.31. The van der Waals surface area contributed by atoms with Crippen LogP contribution in [0.25, 0.3) is 0 Å². The Morgan fingerprint density at radius 2 is 2.20 bits per heavy atom.